The average Bonchev–Trinajstić information content (AvgIpc) is 3.52. The lowest BCUT2D eigenvalue weighted by atomic mass is 9.93. The summed E-state index contributed by atoms with van der Waals surface area (Å²) in [5.74, 6) is -2.02. The molecule has 7 nitrogen and oxygen atoms in total. The van der Waals surface area contributed by atoms with Gasteiger partial charge in [-0.05, 0) is 35.4 Å². The molecule has 4 rings (SSSR count). The summed E-state index contributed by atoms with van der Waals surface area (Å²) >= 11 is 2.22. The maximum Gasteiger partial charge on any atom is 0.350 e. The zero-order valence-electron chi connectivity index (χ0n) is 18.5. The zero-order chi connectivity index (χ0) is 23.9. The van der Waals surface area contributed by atoms with Crippen molar-refractivity contribution in [3.05, 3.63) is 79.7 Å². The number of aliphatic hydroxyl groups is 1. The third-order valence-corrected chi connectivity index (χ3v) is 7.48. The maximum atomic E-state index is 13.3. The fourth-order valence-electron chi connectivity index (χ4n) is 3.72. The summed E-state index contributed by atoms with van der Waals surface area (Å²) in [6.45, 7) is 5.79. The fraction of sp³-hybridized carbons (Fsp3) is 0.250. The molecule has 1 atom stereocenters. The van der Waals surface area contributed by atoms with Crippen molar-refractivity contribution in [3.8, 4) is 0 Å². The van der Waals surface area contributed by atoms with Gasteiger partial charge in [0.25, 0.3) is 5.91 Å². The van der Waals surface area contributed by atoms with E-state index in [-0.39, 0.29) is 15.6 Å². The van der Waals surface area contributed by atoms with E-state index in [0.29, 0.717) is 22.1 Å². The fourth-order valence-corrected chi connectivity index (χ4v) is 5.41. The third-order valence-electron chi connectivity index (χ3n) is 5.48. The van der Waals surface area contributed by atoms with Crippen LogP contribution >= 0.6 is 22.7 Å². The number of ketones is 1. The SMILES string of the molecule is COC(=O)c1sc(N2C(=O)C(O)=C(C(=O)c3cccs3)[C@@H]2c2ccc(C(C)C)cc2)nc1C. The molecule has 0 bridgehead atoms. The van der Waals surface area contributed by atoms with E-state index in [2.05, 4.69) is 18.8 Å². The molecule has 1 amide bonds. The Bertz CT molecular complexity index is 1260. The van der Waals surface area contributed by atoms with Crippen LogP contribution in [0.25, 0.3) is 0 Å². The van der Waals surface area contributed by atoms with Crippen molar-refractivity contribution in [3.63, 3.8) is 0 Å². The van der Waals surface area contributed by atoms with Crippen LogP contribution in [0.5, 0.6) is 0 Å². The number of thiazole rings is 1. The van der Waals surface area contributed by atoms with E-state index in [9.17, 15) is 19.5 Å². The minimum absolute atomic E-state index is 0.00721. The molecular formula is C24H22N2O5S2. The lowest BCUT2D eigenvalue weighted by Crippen LogP contribution is -2.31. The molecule has 3 heterocycles. The molecule has 0 aliphatic carbocycles. The first kappa shape index (κ1) is 22.9. The number of hydrogen-bond donors (Lipinski definition) is 1. The van der Waals surface area contributed by atoms with Gasteiger partial charge in [0.15, 0.2) is 10.9 Å². The summed E-state index contributed by atoms with van der Waals surface area (Å²) in [5.41, 5.74) is 2.16. The summed E-state index contributed by atoms with van der Waals surface area (Å²) in [4.78, 5) is 45.1. The Balaban J connectivity index is 1.86. The van der Waals surface area contributed by atoms with Gasteiger partial charge in [0.2, 0.25) is 5.78 Å². The number of amides is 1. The van der Waals surface area contributed by atoms with Crippen molar-refractivity contribution >= 4 is 45.5 Å². The van der Waals surface area contributed by atoms with Crippen LogP contribution in [0.2, 0.25) is 0 Å². The molecule has 1 aliphatic heterocycles. The Labute approximate surface area is 199 Å². The number of aliphatic hydroxyl groups excluding tert-OH is 1. The Morgan fingerprint density at radius 1 is 1.18 bits per heavy atom. The van der Waals surface area contributed by atoms with E-state index >= 15 is 0 Å². The number of thiophene rings is 1. The second kappa shape index (κ2) is 8.92. The van der Waals surface area contributed by atoms with Gasteiger partial charge in [0.1, 0.15) is 4.88 Å². The van der Waals surface area contributed by atoms with Crippen LogP contribution < -0.4 is 4.90 Å². The van der Waals surface area contributed by atoms with Gasteiger partial charge in [-0.15, -0.1) is 11.3 Å². The number of nitrogens with zero attached hydrogens (tertiary/aromatic N) is 2. The van der Waals surface area contributed by atoms with Gasteiger partial charge >= 0.3 is 5.97 Å². The van der Waals surface area contributed by atoms with Crippen LogP contribution in [0.4, 0.5) is 5.13 Å². The number of rotatable bonds is 6. The van der Waals surface area contributed by atoms with Gasteiger partial charge in [-0.25, -0.2) is 9.78 Å². The van der Waals surface area contributed by atoms with Crippen LogP contribution in [0.15, 0.2) is 53.1 Å². The Kier molecular flexibility index (Phi) is 6.18. The van der Waals surface area contributed by atoms with Crippen LogP contribution in [0, 0.1) is 6.92 Å². The van der Waals surface area contributed by atoms with Gasteiger partial charge in [0.05, 0.1) is 29.3 Å². The highest BCUT2D eigenvalue weighted by Crippen LogP contribution is 2.44. The summed E-state index contributed by atoms with van der Waals surface area (Å²) in [7, 11) is 1.27. The predicted molar refractivity (Wildman–Crippen MR) is 127 cm³/mol. The number of anilines is 1. The van der Waals surface area contributed by atoms with Crippen molar-refractivity contribution in [2.24, 2.45) is 0 Å². The largest absolute Gasteiger partial charge is 0.503 e. The number of ether oxygens (including phenoxy) is 1. The number of carbonyl (C=O) groups is 3. The molecular weight excluding hydrogens is 460 g/mol. The molecule has 0 unspecified atom stereocenters. The number of aryl methyl sites for hydroxylation is 1. The van der Waals surface area contributed by atoms with Crippen LogP contribution in [-0.4, -0.2) is 34.9 Å². The number of carbonyl (C=O) groups excluding carboxylic acids is 3. The number of aromatic nitrogens is 1. The first-order valence-corrected chi connectivity index (χ1v) is 11.9. The van der Waals surface area contributed by atoms with Crippen LogP contribution in [0.1, 0.15) is 62.0 Å². The van der Waals surface area contributed by atoms with Crippen molar-refractivity contribution in [2.75, 3.05) is 12.0 Å². The van der Waals surface area contributed by atoms with Gasteiger partial charge in [0, 0.05) is 0 Å². The minimum atomic E-state index is -0.885. The molecule has 33 heavy (non-hydrogen) atoms. The number of hydrogen-bond acceptors (Lipinski definition) is 8. The Morgan fingerprint density at radius 3 is 2.45 bits per heavy atom. The van der Waals surface area contributed by atoms with Gasteiger partial charge < -0.3 is 9.84 Å². The lowest BCUT2D eigenvalue weighted by molar-refractivity contribution is -0.117. The molecule has 0 saturated carbocycles. The first-order chi connectivity index (χ1) is 15.7. The summed E-state index contributed by atoms with van der Waals surface area (Å²) < 4.78 is 4.81. The molecule has 0 spiro atoms. The Hall–Kier alpha value is -3.30. The average molecular weight is 483 g/mol. The highest BCUT2D eigenvalue weighted by molar-refractivity contribution is 7.17. The molecule has 1 N–H and O–H groups in total. The zero-order valence-corrected chi connectivity index (χ0v) is 20.1. The molecule has 3 aromatic rings. The molecule has 170 valence electrons. The lowest BCUT2D eigenvalue weighted by Gasteiger charge is -2.24. The van der Waals surface area contributed by atoms with E-state index < -0.39 is 29.5 Å². The van der Waals surface area contributed by atoms with Crippen molar-refractivity contribution < 1.29 is 24.2 Å². The molecule has 1 aromatic carbocycles. The van der Waals surface area contributed by atoms with E-state index in [4.69, 9.17) is 4.74 Å². The number of methoxy groups -OCH3 is 1. The first-order valence-electron chi connectivity index (χ1n) is 10.2. The van der Waals surface area contributed by atoms with E-state index in [0.717, 1.165) is 16.9 Å². The maximum absolute atomic E-state index is 13.3. The van der Waals surface area contributed by atoms with Crippen LogP contribution in [0.3, 0.4) is 0 Å². The minimum Gasteiger partial charge on any atom is -0.503 e. The van der Waals surface area contributed by atoms with Gasteiger partial charge in [-0.1, -0.05) is 55.5 Å². The summed E-state index contributed by atoms with van der Waals surface area (Å²) in [6.07, 6.45) is 0. The highest BCUT2D eigenvalue weighted by Gasteiger charge is 2.46. The predicted octanol–water partition coefficient (Wildman–Crippen LogP) is 5.21. The van der Waals surface area contributed by atoms with E-state index in [1.54, 1.807) is 24.4 Å². The molecule has 0 saturated heterocycles. The van der Waals surface area contributed by atoms with Gasteiger partial charge in [-0.2, -0.15) is 0 Å². The standard InChI is InChI=1S/C24H22N2O5S2/c1-12(2)14-7-9-15(10-8-14)18-17(19(27)16-6-5-11-32-16)20(28)22(29)26(18)24-25-13(3)21(33-24)23(30)31-4/h5-12,18,28H,1-4H3/t18-/m0/s1. The second-order valence-electron chi connectivity index (χ2n) is 7.87. The molecule has 9 heteroatoms. The van der Waals surface area contributed by atoms with Crippen molar-refractivity contribution in [2.45, 2.75) is 32.7 Å². The van der Waals surface area contributed by atoms with Crippen LogP contribution in [-0.2, 0) is 9.53 Å². The summed E-state index contributed by atoms with van der Waals surface area (Å²) in [5, 5.41) is 12.8. The second-order valence-corrected chi connectivity index (χ2v) is 9.80. The number of esters is 1. The smallest absolute Gasteiger partial charge is 0.350 e. The molecule has 1 aliphatic rings. The topological polar surface area (TPSA) is 96.8 Å². The van der Waals surface area contributed by atoms with Crippen molar-refractivity contribution in [1.82, 2.24) is 4.98 Å². The molecule has 2 aromatic heterocycles. The molecule has 0 radical (unpaired) electrons. The third kappa shape index (κ3) is 3.98. The quantitative estimate of drug-likeness (QED) is 0.383. The van der Waals surface area contributed by atoms with E-state index in [1.165, 1.54) is 23.3 Å². The summed E-state index contributed by atoms with van der Waals surface area (Å²) in [6, 6.07) is 10.1. The van der Waals surface area contributed by atoms with Gasteiger partial charge in [-0.3, -0.25) is 14.5 Å². The van der Waals surface area contributed by atoms with Crippen molar-refractivity contribution in [1.29, 1.82) is 0 Å². The number of Topliss-reactive ketones (excluding diaryl/α,β-unsaturated/α-hetero) is 1. The number of benzene rings is 1. The monoisotopic (exact) mass is 482 g/mol. The molecule has 0 fully saturated rings. The highest BCUT2D eigenvalue weighted by atomic mass is 32.1. The van der Waals surface area contributed by atoms with E-state index in [1.807, 2.05) is 24.3 Å². The normalized spacial score (nSPS) is 16.1. The Morgan fingerprint density at radius 2 is 1.88 bits per heavy atom.